The molecule has 0 spiro atoms. The van der Waals surface area contributed by atoms with Crippen LogP contribution in [0.3, 0.4) is 0 Å². The quantitative estimate of drug-likeness (QED) is 0.750. The molecule has 1 N–H and O–H groups in total. The molecule has 0 amide bonds. The van der Waals surface area contributed by atoms with E-state index < -0.39 is 0 Å². The van der Waals surface area contributed by atoms with E-state index in [4.69, 9.17) is 0 Å². The van der Waals surface area contributed by atoms with Crippen molar-refractivity contribution >= 4 is 22.4 Å². The van der Waals surface area contributed by atoms with Crippen LogP contribution in [-0.2, 0) is 7.05 Å². The van der Waals surface area contributed by atoms with E-state index in [0.717, 1.165) is 5.69 Å². The number of anilines is 2. The van der Waals surface area contributed by atoms with Crippen LogP contribution in [0.1, 0.15) is 0 Å². The maximum absolute atomic E-state index is 13.6. The highest BCUT2D eigenvalue weighted by atomic mass is 19.1. The predicted octanol–water partition coefficient (Wildman–Crippen LogP) is 2.25. The van der Waals surface area contributed by atoms with Crippen molar-refractivity contribution in [3.8, 4) is 0 Å². The molecule has 5 nitrogen and oxygen atoms in total. The molecule has 1 aromatic carbocycles. The summed E-state index contributed by atoms with van der Waals surface area (Å²) in [5.74, 6) is 0.205. The van der Waals surface area contributed by atoms with E-state index in [2.05, 4.69) is 20.4 Å². The van der Waals surface area contributed by atoms with Gasteiger partial charge in [0.2, 0.25) is 0 Å². The minimum atomic E-state index is -0.357. The molecule has 2 heterocycles. The van der Waals surface area contributed by atoms with Gasteiger partial charge in [0.05, 0.1) is 11.9 Å². The number of halogens is 1. The summed E-state index contributed by atoms with van der Waals surface area (Å²) in [5.41, 5.74) is 1.10. The van der Waals surface area contributed by atoms with Crippen LogP contribution >= 0.6 is 0 Å². The molecule has 0 bridgehead atoms. The maximum Gasteiger partial charge on any atom is 0.149 e. The zero-order chi connectivity index (χ0) is 12.5. The molecule has 0 saturated carbocycles. The van der Waals surface area contributed by atoms with Crippen LogP contribution in [0.15, 0.2) is 36.9 Å². The van der Waals surface area contributed by atoms with E-state index >= 15 is 0 Å². The molecule has 0 aliphatic carbocycles. The Morgan fingerprint density at radius 3 is 2.94 bits per heavy atom. The van der Waals surface area contributed by atoms with Gasteiger partial charge in [-0.3, -0.25) is 4.68 Å². The minimum Gasteiger partial charge on any atom is -0.337 e. The summed E-state index contributed by atoms with van der Waals surface area (Å²) in [5, 5.41) is 7.78. The molecule has 0 aliphatic heterocycles. The molecule has 2 aromatic heterocycles. The molecule has 0 radical (unpaired) electrons. The fraction of sp³-hybridized carbons (Fsp3) is 0.0833. The Balaban J connectivity index is 2.09. The molecule has 0 unspecified atom stereocenters. The van der Waals surface area contributed by atoms with Gasteiger partial charge in [-0.05, 0) is 12.1 Å². The first-order valence-corrected chi connectivity index (χ1v) is 5.39. The van der Waals surface area contributed by atoms with E-state index in [1.807, 2.05) is 13.2 Å². The first-order valence-electron chi connectivity index (χ1n) is 5.39. The lowest BCUT2D eigenvalue weighted by Crippen LogP contribution is -1.96. The minimum absolute atomic E-state index is 0.305. The normalized spacial score (nSPS) is 10.8. The number of rotatable bonds is 2. The van der Waals surface area contributed by atoms with Crippen LogP contribution in [0.5, 0.6) is 0 Å². The van der Waals surface area contributed by atoms with Gasteiger partial charge in [-0.1, -0.05) is 6.07 Å². The SMILES string of the molecule is Cn1cc(Nc2ncnc3c(F)cccc23)cn1. The first kappa shape index (κ1) is 10.6. The fourth-order valence-electron chi connectivity index (χ4n) is 1.77. The van der Waals surface area contributed by atoms with Gasteiger partial charge in [0.1, 0.15) is 23.5 Å². The van der Waals surface area contributed by atoms with E-state index in [1.54, 1.807) is 23.0 Å². The second kappa shape index (κ2) is 4.06. The summed E-state index contributed by atoms with van der Waals surface area (Å²) in [6, 6.07) is 4.79. The van der Waals surface area contributed by atoms with Crippen LogP contribution in [0.4, 0.5) is 15.9 Å². The third-order valence-electron chi connectivity index (χ3n) is 2.58. The van der Waals surface area contributed by atoms with Crippen molar-refractivity contribution in [3.05, 3.63) is 42.7 Å². The number of fused-ring (bicyclic) bond motifs is 1. The Labute approximate surface area is 102 Å². The van der Waals surface area contributed by atoms with Crippen molar-refractivity contribution in [1.82, 2.24) is 19.7 Å². The van der Waals surface area contributed by atoms with Gasteiger partial charge >= 0.3 is 0 Å². The average molecular weight is 243 g/mol. The number of para-hydroxylation sites is 1. The molecule has 3 rings (SSSR count). The van der Waals surface area contributed by atoms with Crippen molar-refractivity contribution in [3.63, 3.8) is 0 Å². The second-order valence-electron chi connectivity index (χ2n) is 3.89. The Morgan fingerprint density at radius 2 is 2.17 bits per heavy atom. The molecule has 0 aliphatic rings. The van der Waals surface area contributed by atoms with Crippen LogP contribution < -0.4 is 5.32 Å². The van der Waals surface area contributed by atoms with Gasteiger partial charge in [-0.25, -0.2) is 14.4 Å². The van der Waals surface area contributed by atoms with Crippen molar-refractivity contribution in [2.75, 3.05) is 5.32 Å². The number of hydrogen-bond acceptors (Lipinski definition) is 4. The molecule has 18 heavy (non-hydrogen) atoms. The molecular weight excluding hydrogens is 233 g/mol. The van der Waals surface area contributed by atoms with Gasteiger partial charge in [0, 0.05) is 18.6 Å². The lowest BCUT2D eigenvalue weighted by atomic mass is 10.2. The van der Waals surface area contributed by atoms with Crippen LogP contribution in [-0.4, -0.2) is 19.7 Å². The van der Waals surface area contributed by atoms with Crippen molar-refractivity contribution in [2.45, 2.75) is 0 Å². The molecule has 3 aromatic rings. The van der Waals surface area contributed by atoms with Gasteiger partial charge in [-0.15, -0.1) is 0 Å². The van der Waals surface area contributed by atoms with E-state index in [1.165, 1.54) is 12.4 Å². The number of aromatic nitrogens is 4. The van der Waals surface area contributed by atoms with E-state index in [0.29, 0.717) is 16.7 Å². The maximum atomic E-state index is 13.6. The molecule has 6 heteroatoms. The lowest BCUT2D eigenvalue weighted by Gasteiger charge is -2.06. The van der Waals surface area contributed by atoms with Crippen LogP contribution in [0, 0.1) is 5.82 Å². The standard InChI is InChI=1S/C12H10FN5/c1-18-6-8(5-16-18)17-12-9-3-2-4-10(13)11(9)14-7-15-12/h2-7H,1H3,(H,14,15,17). The third-order valence-corrected chi connectivity index (χ3v) is 2.58. The van der Waals surface area contributed by atoms with Crippen LogP contribution in [0.2, 0.25) is 0 Å². The molecule has 0 fully saturated rings. The van der Waals surface area contributed by atoms with E-state index in [9.17, 15) is 4.39 Å². The van der Waals surface area contributed by atoms with Gasteiger partial charge in [0.15, 0.2) is 0 Å². The van der Waals surface area contributed by atoms with Gasteiger partial charge in [0.25, 0.3) is 0 Å². The lowest BCUT2D eigenvalue weighted by molar-refractivity contribution is 0.636. The topological polar surface area (TPSA) is 55.6 Å². The second-order valence-corrected chi connectivity index (χ2v) is 3.89. The first-order chi connectivity index (χ1) is 8.74. The summed E-state index contributed by atoms with van der Waals surface area (Å²) in [4.78, 5) is 8.07. The Kier molecular flexibility index (Phi) is 2.40. The summed E-state index contributed by atoms with van der Waals surface area (Å²) in [7, 11) is 1.82. The Morgan fingerprint density at radius 1 is 1.28 bits per heavy atom. The number of aryl methyl sites for hydroxylation is 1. The van der Waals surface area contributed by atoms with Gasteiger partial charge < -0.3 is 5.32 Å². The monoisotopic (exact) mass is 243 g/mol. The van der Waals surface area contributed by atoms with Crippen molar-refractivity contribution in [1.29, 1.82) is 0 Å². The van der Waals surface area contributed by atoms with Crippen molar-refractivity contribution in [2.24, 2.45) is 7.05 Å². The molecule has 0 atom stereocenters. The highest BCUT2D eigenvalue weighted by molar-refractivity contribution is 5.90. The largest absolute Gasteiger partial charge is 0.337 e. The highest BCUT2D eigenvalue weighted by Gasteiger charge is 2.07. The number of hydrogen-bond donors (Lipinski definition) is 1. The fourth-order valence-corrected chi connectivity index (χ4v) is 1.77. The molecule has 90 valence electrons. The molecular formula is C12H10FN5. The van der Waals surface area contributed by atoms with E-state index in [-0.39, 0.29) is 5.82 Å². The summed E-state index contributed by atoms with van der Waals surface area (Å²) >= 11 is 0. The summed E-state index contributed by atoms with van der Waals surface area (Å²) < 4.78 is 15.2. The number of benzene rings is 1. The third kappa shape index (κ3) is 1.77. The Bertz CT molecular complexity index is 707. The average Bonchev–Trinajstić information content (AvgIpc) is 2.76. The van der Waals surface area contributed by atoms with Gasteiger partial charge in [-0.2, -0.15) is 5.10 Å². The van der Waals surface area contributed by atoms with Crippen LogP contribution in [0.25, 0.3) is 10.9 Å². The van der Waals surface area contributed by atoms with Crippen molar-refractivity contribution < 1.29 is 4.39 Å². The highest BCUT2D eigenvalue weighted by Crippen LogP contribution is 2.23. The zero-order valence-corrected chi connectivity index (χ0v) is 9.63. The number of nitrogens with one attached hydrogen (secondary N) is 1. The molecule has 0 saturated heterocycles. The zero-order valence-electron chi connectivity index (χ0n) is 9.63. The Hall–Kier alpha value is -2.50. The summed E-state index contributed by atoms with van der Waals surface area (Å²) in [6.45, 7) is 0. The smallest absolute Gasteiger partial charge is 0.149 e. The number of nitrogens with zero attached hydrogens (tertiary/aromatic N) is 4. The predicted molar refractivity (Wildman–Crippen MR) is 66.0 cm³/mol. The summed E-state index contributed by atoms with van der Waals surface area (Å²) in [6.07, 6.45) is 4.82.